The zero-order valence-corrected chi connectivity index (χ0v) is 11.1. The van der Waals surface area contributed by atoms with Crippen LogP contribution in [-0.4, -0.2) is 17.1 Å². The van der Waals surface area contributed by atoms with Crippen molar-refractivity contribution in [3.8, 4) is 17.1 Å². The Morgan fingerprint density at radius 2 is 2.10 bits per heavy atom. The van der Waals surface area contributed by atoms with Gasteiger partial charge in [-0.2, -0.15) is 0 Å². The summed E-state index contributed by atoms with van der Waals surface area (Å²) in [5.41, 5.74) is 4.20. The largest absolute Gasteiger partial charge is 0.494 e. The van der Waals surface area contributed by atoms with Gasteiger partial charge in [-0.15, -0.1) is 0 Å². The van der Waals surface area contributed by atoms with Gasteiger partial charge < -0.3 is 10.2 Å². The first-order valence-corrected chi connectivity index (χ1v) is 6.41. The number of nitrogen functional groups attached to an aromatic ring is 1. The molecule has 0 unspecified atom stereocenters. The first-order valence-electron chi connectivity index (χ1n) is 6.41. The molecule has 0 atom stereocenters. The van der Waals surface area contributed by atoms with Gasteiger partial charge in [0.1, 0.15) is 5.82 Å². The SMILES string of the molecule is COc1cc(-c2nc(NN)cc(C3CC3)n2)ccc1F. The van der Waals surface area contributed by atoms with Crippen LogP contribution < -0.4 is 16.0 Å². The highest BCUT2D eigenvalue weighted by Gasteiger charge is 2.26. The van der Waals surface area contributed by atoms with E-state index < -0.39 is 5.82 Å². The van der Waals surface area contributed by atoms with Crippen molar-refractivity contribution in [3.63, 3.8) is 0 Å². The van der Waals surface area contributed by atoms with Gasteiger partial charge in [-0.05, 0) is 31.0 Å². The number of methoxy groups -OCH3 is 1. The average Bonchev–Trinajstić information content (AvgIpc) is 3.32. The minimum Gasteiger partial charge on any atom is -0.494 e. The van der Waals surface area contributed by atoms with E-state index in [0.717, 1.165) is 18.5 Å². The normalized spacial score (nSPS) is 14.2. The van der Waals surface area contributed by atoms with E-state index in [-0.39, 0.29) is 5.75 Å². The standard InChI is InChI=1S/C14H15FN4O/c1-20-12-6-9(4-5-10(12)15)14-17-11(8-2-3-8)7-13(18-14)19-16/h4-8H,2-3,16H2,1H3,(H,17,18,19). The molecule has 0 bridgehead atoms. The number of anilines is 1. The Morgan fingerprint density at radius 3 is 2.75 bits per heavy atom. The third-order valence-corrected chi connectivity index (χ3v) is 3.30. The Morgan fingerprint density at radius 1 is 1.30 bits per heavy atom. The molecule has 1 aromatic heterocycles. The highest BCUT2D eigenvalue weighted by Crippen LogP contribution is 2.40. The van der Waals surface area contributed by atoms with Crippen LogP contribution in [0.4, 0.5) is 10.2 Å². The molecule has 0 spiro atoms. The molecule has 0 amide bonds. The number of ether oxygens (including phenoxy) is 1. The molecule has 1 aliphatic rings. The summed E-state index contributed by atoms with van der Waals surface area (Å²) < 4.78 is 18.4. The Kier molecular flexibility index (Phi) is 3.23. The maximum Gasteiger partial charge on any atom is 0.165 e. The monoisotopic (exact) mass is 274 g/mol. The van der Waals surface area contributed by atoms with Crippen molar-refractivity contribution in [2.45, 2.75) is 18.8 Å². The third kappa shape index (κ3) is 2.42. The molecule has 0 radical (unpaired) electrons. The van der Waals surface area contributed by atoms with Gasteiger partial charge in [0.05, 0.1) is 7.11 Å². The number of nitrogens with one attached hydrogen (secondary N) is 1. The van der Waals surface area contributed by atoms with Crippen molar-refractivity contribution in [1.29, 1.82) is 0 Å². The van der Waals surface area contributed by atoms with Crippen molar-refractivity contribution < 1.29 is 9.13 Å². The highest BCUT2D eigenvalue weighted by atomic mass is 19.1. The number of rotatable bonds is 4. The number of nitrogens with zero attached hydrogens (tertiary/aromatic N) is 2. The molecule has 5 nitrogen and oxygen atoms in total. The highest BCUT2D eigenvalue weighted by molar-refractivity contribution is 5.60. The van der Waals surface area contributed by atoms with Crippen LogP contribution in [0.1, 0.15) is 24.5 Å². The van der Waals surface area contributed by atoms with E-state index in [2.05, 4.69) is 15.4 Å². The number of hydrogen-bond acceptors (Lipinski definition) is 5. The summed E-state index contributed by atoms with van der Waals surface area (Å²) in [7, 11) is 1.43. The van der Waals surface area contributed by atoms with Crippen molar-refractivity contribution in [2.75, 3.05) is 12.5 Å². The Hall–Kier alpha value is -2.21. The van der Waals surface area contributed by atoms with E-state index in [4.69, 9.17) is 10.6 Å². The number of halogens is 1. The second-order valence-electron chi connectivity index (χ2n) is 4.77. The summed E-state index contributed by atoms with van der Waals surface area (Å²) in [5, 5.41) is 0. The lowest BCUT2D eigenvalue weighted by atomic mass is 10.1. The van der Waals surface area contributed by atoms with Crippen molar-refractivity contribution >= 4 is 5.82 Å². The number of aromatic nitrogens is 2. The van der Waals surface area contributed by atoms with Gasteiger partial charge in [0.2, 0.25) is 0 Å². The van der Waals surface area contributed by atoms with Crippen LogP contribution in [0.25, 0.3) is 11.4 Å². The van der Waals surface area contributed by atoms with Gasteiger partial charge in [0.15, 0.2) is 17.4 Å². The molecule has 3 rings (SSSR count). The van der Waals surface area contributed by atoms with Crippen LogP contribution in [0, 0.1) is 5.82 Å². The quantitative estimate of drug-likeness (QED) is 0.662. The average molecular weight is 274 g/mol. The molecule has 1 heterocycles. The Balaban J connectivity index is 2.06. The molecule has 6 heteroatoms. The van der Waals surface area contributed by atoms with Crippen LogP contribution in [-0.2, 0) is 0 Å². The number of nitrogens with two attached hydrogens (primary N) is 1. The first-order chi connectivity index (χ1) is 9.71. The predicted octanol–water partition coefficient (Wildman–Crippen LogP) is 2.45. The number of hydrogen-bond donors (Lipinski definition) is 2. The van der Waals surface area contributed by atoms with Crippen LogP contribution in [0.15, 0.2) is 24.3 Å². The van der Waals surface area contributed by atoms with Crippen molar-refractivity contribution in [1.82, 2.24) is 9.97 Å². The van der Waals surface area contributed by atoms with Crippen LogP contribution >= 0.6 is 0 Å². The van der Waals surface area contributed by atoms with Gasteiger partial charge >= 0.3 is 0 Å². The molecule has 1 saturated carbocycles. The minimum absolute atomic E-state index is 0.171. The molecule has 3 N–H and O–H groups in total. The van der Waals surface area contributed by atoms with Crippen LogP contribution in [0.5, 0.6) is 5.75 Å². The lowest BCUT2D eigenvalue weighted by Gasteiger charge is -2.08. The lowest BCUT2D eigenvalue weighted by molar-refractivity contribution is 0.387. The Bertz CT molecular complexity index is 643. The fraction of sp³-hybridized carbons (Fsp3) is 0.286. The summed E-state index contributed by atoms with van der Waals surface area (Å²) >= 11 is 0. The zero-order chi connectivity index (χ0) is 14.1. The Labute approximate surface area is 116 Å². The smallest absolute Gasteiger partial charge is 0.165 e. The molecule has 20 heavy (non-hydrogen) atoms. The molecule has 1 fully saturated rings. The fourth-order valence-electron chi connectivity index (χ4n) is 2.06. The summed E-state index contributed by atoms with van der Waals surface area (Å²) in [6.45, 7) is 0. The van der Waals surface area contributed by atoms with Gasteiger partial charge in [-0.25, -0.2) is 20.2 Å². The molecule has 1 aliphatic carbocycles. The molecule has 2 aromatic rings. The maximum atomic E-state index is 13.5. The zero-order valence-electron chi connectivity index (χ0n) is 11.1. The molecule has 0 aliphatic heterocycles. The second kappa shape index (κ2) is 5.05. The maximum absolute atomic E-state index is 13.5. The van der Waals surface area contributed by atoms with Crippen molar-refractivity contribution in [2.24, 2.45) is 5.84 Å². The van der Waals surface area contributed by atoms with E-state index in [0.29, 0.717) is 23.1 Å². The summed E-state index contributed by atoms with van der Waals surface area (Å²) in [5.74, 6) is 6.75. The van der Waals surface area contributed by atoms with E-state index in [1.54, 1.807) is 12.1 Å². The molecular weight excluding hydrogens is 259 g/mol. The molecular formula is C14H15FN4O. The van der Waals surface area contributed by atoms with Gasteiger partial charge in [-0.1, -0.05) is 0 Å². The van der Waals surface area contributed by atoms with E-state index >= 15 is 0 Å². The van der Waals surface area contributed by atoms with Gasteiger partial charge in [-0.3, -0.25) is 0 Å². The third-order valence-electron chi connectivity index (χ3n) is 3.30. The predicted molar refractivity (Wildman–Crippen MR) is 73.8 cm³/mol. The number of benzene rings is 1. The van der Waals surface area contributed by atoms with Crippen LogP contribution in [0.3, 0.4) is 0 Å². The lowest BCUT2D eigenvalue weighted by Crippen LogP contribution is -2.10. The van der Waals surface area contributed by atoms with Crippen molar-refractivity contribution in [3.05, 3.63) is 35.8 Å². The summed E-state index contributed by atoms with van der Waals surface area (Å²) in [6, 6.07) is 6.41. The molecule has 104 valence electrons. The topological polar surface area (TPSA) is 73.1 Å². The summed E-state index contributed by atoms with van der Waals surface area (Å²) in [4.78, 5) is 8.85. The van der Waals surface area contributed by atoms with E-state index in [1.165, 1.54) is 13.2 Å². The van der Waals surface area contributed by atoms with Gasteiger partial charge in [0.25, 0.3) is 0 Å². The first kappa shape index (κ1) is 12.8. The number of hydrazine groups is 1. The molecule has 1 aromatic carbocycles. The van der Waals surface area contributed by atoms with Gasteiger partial charge in [0, 0.05) is 23.2 Å². The van der Waals surface area contributed by atoms with E-state index in [9.17, 15) is 4.39 Å². The van der Waals surface area contributed by atoms with E-state index in [1.807, 2.05) is 6.07 Å². The van der Waals surface area contributed by atoms with Crippen LogP contribution in [0.2, 0.25) is 0 Å². The molecule has 0 saturated heterocycles. The second-order valence-corrected chi connectivity index (χ2v) is 4.77. The summed E-state index contributed by atoms with van der Waals surface area (Å²) in [6.07, 6.45) is 2.26. The minimum atomic E-state index is -0.410. The fourth-order valence-corrected chi connectivity index (χ4v) is 2.06.